The molecule has 1 aliphatic heterocycles. The van der Waals surface area contributed by atoms with Gasteiger partial charge in [-0.25, -0.2) is 8.42 Å². The Balaban J connectivity index is 1.80. The first kappa shape index (κ1) is 25.8. The standard InChI is InChI=1S/C20H16F8N2O3S/c21-18(22,16-5-4-13(10-29-16)19(23,24)25)15-3-1-2-12-11-30(8-6-14(12)15)17(31)7-9-34(32,33)20(26,27)28/h1-5,10H,6-9,11H2. The Bertz CT molecular complexity index is 1180. The fourth-order valence-electron chi connectivity index (χ4n) is 3.50. The van der Waals surface area contributed by atoms with E-state index in [1.54, 1.807) is 0 Å². The van der Waals surface area contributed by atoms with Crippen LogP contribution in [0.3, 0.4) is 0 Å². The zero-order valence-electron chi connectivity index (χ0n) is 17.1. The summed E-state index contributed by atoms with van der Waals surface area (Å²) in [6.07, 6.45) is -5.50. The topological polar surface area (TPSA) is 67.3 Å². The monoisotopic (exact) mass is 516 g/mol. The van der Waals surface area contributed by atoms with Crippen LogP contribution in [0.4, 0.5) is 35.1 Å². The molecule has 1 amide bonds. The van der Waals surface area contributed by atoms with E-state index in [9.17, 15) is 39.6 Å². The number of rotatable bonds is 5. The molecule has 0 saturated heterocycles. The molecule has 0 atom stereocenters. The summed E-state index contributed by atoms with van der Waals surface area (Å²) in [6, 6.07) is 4.80. The van der Waals surface area contributed by atoms with Crippen LogP contribution in [0.2, 0.25) is 0 Å². The van der Waals surface area contributed by atoms with Crippen LogP contribution in [0.25, 0.3) is 0 Å². The summed E-state index contributed by atoms with van der Waals surface area (Å²) in [4.78, 5) is 16.6. The highest BCUT2D eigenvalue weighted by atomic mass is 32.2. The van der Waals surface area contributed by atoms with E-state index < -0.39 is 62.3 Å². The first-order valence-electron chi connectivity index (χ1n) is 9.63. The van der Waals surface area contributed by atoms with Crippen LogP contribution in [-0.2, 0) is 39.7 Å². The van der Waals surface area contributed by atoms with Crippen LogP contribution in [0.1, 0.15) is 34.4 Å². The summed E-state index contributed by atoms with van der Waals surface area (Å²) in [5.41, 5.74) is -7.74. The second-order valence-electron chi connectivity index (χ2n) is 7.53. The molecule has 0 fully saturated rings. The first-order valence-corrected chi connectivity index (χ1v) is 11.3. The van der Waals surface area contributed by atoms with Crippen molar-refractivity contribution in [3.8, 4) is 0 Å². The zero-order valence-corrected chi connectivity index (χ0v) is 17.9. The Morgan fingerprint density at radius 1 is 1.00 bits per heavy atom. The smallest absolute Gasteiger partial charge is 0.338 e. The van der Waals surface area contributed by atoms with Gasteiger partial charge in [0.05, 0.1) is 11.3 Å². The Hall–Kier alpha value is -2.77. The lowest BCUT2D eigenvalue weighted by atomic mass is 9.90. The minimum Gasteiger partial charge on any atom is -0.338 e. The summed E-state index contributed by atoms with van der Waals surface area (Å²) in [5, 5.41) is 0. The van der Waals surface area contributed by atoms with Crippen LogP contribution in [0, 0.1) is 0 Å². The van der Waals surface area contributed by atoms with Gasteiger partial charge in [0.15, 0.2) is 0 Å². The minimum absolute atomic E-state index is 0.126. The SMILES string of the molecule is O=C(CCS(=O)(=O)C(F)(F)F)N1CCc2c(cccc2C(F)(F)c2ccc(C(F)(F)F)cn2)C1. The minimum atomic E-state index is -5.49. The quantitative estimate of drug-likeness (QED) is 0.551. The molecule has 34 heavy (non-hydrogen) atoms. The lowest BCUT2D eigenvalue weighted by Gasteiger charge is -2.31. The fraction of sp³-hybridized carbons (Fsp3) is 0.400. The number of halogens is 8. The van der Waals surface area contributed by atoms with Gasteiger partial charge in [0.2, 0.25) is 15.7 Å². The average molecular weight is 516 g/mol. The van der Waals surface area contributed by atoms with E-state index >= 15 is 8.78 Å². The Kier molecular flexibility index (Phi) is 6.68. The number of amides is 1. The second-order valence-corrected chi connectivity index (χ2v) is 9.63. The van der Waals surface area contributed by atoms with Crippen molar-refractivity contribution >= 4 is 15.7 Å². The van der Waals surface area contributed by atoms with Gasteiger partial charge in [-0.15, -0.1) is 0 Å². The number of hydrogen-bond acceptors (Lipinski definition) is 4. The van der Waals surface area contributed by atoms with Crippen LogP contribution in [0.15, 0.2) is 36.5 Å². The first-order chi connectivity index (χ1) is 15.5. The second kappa shape index (κ2) is 8.78. The molecule has 0 N–H and O–H groups in total. The highest BCUT2D eigenvalue weighted by Crippen LogP contribution is 2.40. The number of aromatic nitrogens is 1. The molecule has 1 aliphatic rings. The Labute approximate surface area is 188 Å². The van der Waals surface area contributed by atoms with Gasteiger partial charge in [0, 0.05) is 31.3 Å². The van der Waals surface area contributed by atoms with Crippen molar-refractivity contribution in [1.82, 2.24) is 9.88 Å². The summed E-state index contributed by atoms with van der Waals surface area (Å²) in [7, 11) is -5.49. The van der Waals surface area contributed by atoms with Crippen molar-refractivity contribution in [2.45, 2.75) is 37.0 Å². The number of carbonyl (C=O) groups is 1. The molecule has 0 saturated carbocycles. The third-order valence-electron chi connectivity index (χ3n) is 5.31. The van der Waals surface area contributed by atoms with Crippen molar-refractivity contribution < 1.29 is 48.3 Å². The third-order valence-corrected chi connectivity index (χ3v) is 6.75. The number of hydrogen-bond donors (Lipinski definition) is 0. The average Bonchev–Trinajstić information content (AvgIpc) is 2.75. The summed E-state index contributed by atoms with van der Waals surface area (Å²) < 4.78 is 128. The number of nitrogens with zero attached hydrogens (tertiary/aromatic N) is 2. The van der Waals surface area contributed by atoms with Crippen molar-refractivity contribution in [1.29, 1.82) is 0 Å². The molecule has 0 aliphatic carbocycles. The molecule has 0 unspecified atom stereocenters. The molecule has 2 aromatic rings. The maximum absolute atomic E-state index is 15.1. The number of carbonyl (C=O) groups excluding carboxylic acids is 1. The van der Waals surface area contributed by atoms with E-state index in [4.69, 9.17) is 0 Å². The lowest BCUT2D eigenvalue weighted by molar-refractivity contribution is -0.138. The van der Waals surface area contributed by atoms with E-state index in [1.807, 2.05) is 0 Å². The highest BCUT2D eigenvalue weighted by molar-refractivity contribution is 7.92. The van der Waals surface area contributed by atoms with Gasteiger partial charge >= 0.3 is 17.6 Å². The Morgan fingerprint density at radius 3 is 2.24 bits per heavy atom. The molecular formula is C20H16F8N2O3S. The maximum Gasteiger partial charge on any atom is 0.497 e. The maximum atomic E-state index is 15.1. The third kappa shape index (κ3) is 5.15. The lowest BCUT2D eigenvalue weighted by Crippen LogP contribution is -2.38. The van der Waals surface area contributed by atoms with E-state index in [-0.39, 0.29) is 30.6 Å². The van der Waals surface area contributed by atoms with Crippen molar-refractivity contribution in [3.63, 3.8) is 0 Å². The fourth-order valence-corrected chi connectivity index (χ4v) is 4.17. The molecule has 14 heteroatoms. The highest BCUT2D eigenvalue weighted by Gasteiger charge is 2.45. The van der Waals surface area contributed by atoms with Crippen molar-refractivity contribution in [3.05, 3.63) is 64.5 Å². The number of benzene rings is 1. The number of sulfone groups is 1. The van der Waals surface area contributed by atoms with Gasteiger partial charge < -0.3 is 4.90 Å². The van der Waals surface area contributed by atoms with E-state index in [0.29, 0.717) is 18.3 Å². The normalized spacial score (nSPS) is 15.2. The predicted molar refractivity (Wildman–Crippen MR) is 102 cm³/mol. The summed E-state index contributed by atoms with van der Waals surface area (Å²) >= 11 is 0. The van der Waals surface area contributed by atoms with E-state index in [2.05, 4.69) is 4.98 Å². The molecule has 1 aromatic heterocycles. The molecule has 0 spiro atoms. The van der Waals surface area contributed by atoms with Crippen LogP contribution in [0.5, 0.6) is 0 Å². The molecule has 186 valence electrons. The number of fused-ring (bicyclic) bond motifs is 1. The molecule has 0 bridgehead atoms. The summed E-state index contributed by atoms with van der Waals surface area (Å²) in [5.74, 6) is -6.08. The van der Waals surface area contributed by atoms with Gasteiger partial charge in [-0.3, -0.25) is 9.78 Å². The largest absolute Gasteiger partial charge is 0.497 e. The van der Waals surface area contributed by atoms with Gasteiger partial charge in [-0.2, -0.15) is 35.1 Å². The van der Waals surface area contributed by atoms with E-state index in [0.717, 1.165) is 11.0 Å². The molecule has 2 heterocycles. The van der Waals surface area contributed by atoms with Crippen LogP contribution >= 0.6 is 0 Å². The molecule has 5 nitrogen and oxygen atoms in total. The van der Waals surface area contributed by atoms with Crippen LogP contribution < -0.4 is 0 Å². The Morgan fingerprint density at radius 2 is 1.68 bits per heavy atom. The van der Waals surface area contributed by atoms with Crippen molar-refractivity contribution in [2.24, 2.45) is 0 Å². The van der Waals surface area contributed by atoms with E-state index in [1.165, 1.54) is 12.1 Å². The van der Waals surface area contributed by atoms with Gasteiger partial charge in [-0.05, 0) is 29.7 Å². The summed E-state index contributed by atoms with van der Waals surface area (Å²) in [6.45, 7) is -0.407. The predicted octanol–water partition coefficient (Wildman–Crippen LogP) is 4.45. The molecule has 0 radical (unpaired) electrons. The van der Waals surface area contributed by atoms with Gasteiger partial charge in [0.1, 0.15) is 5.69 Å². The van der Waals surface area contributed by atoms with Gasteiger partial charge in [-0.1, -0.05) is 18.2 Å². The zero-order chi connectivity index (χ0) is 25.5. The molecular weight excluding hydrogens is 500 g/mol. The van der Waals surface area contributed by atoms with Gasteiger partial charge in [0.25, 0.3) is 0 Å². The van der Waals surface area contributed by atoms with Crippen LogP contribution in [-0.4, -0.2) is 42.0 Å². The molecule has 3 rings (SSSR count). The number of alkyl halides is 8. The van der Waals surface area contributed by atoms with Crippen molar-refractivity contribution in [2.75, 3.05) is 12.3 Å². The molecule has 1 aromatic carbocycles. The number of pyridine rings is 1.